The van der Waals surface area contributed by atoms with Gasteiger partial charge in [0, 0.05) is 38.8 Å². The first kappa shape index (κ1) is 23.2. The molecule has 0 bridgehead atoms. The van der Waals surface area contributed by atoms with Gasteiger partial charge in [0.1, 0.15) is 0 Å². The smallest absolute Gasteiger partial charge is 0.226 e. The summed E-state index contributed by atoms with van der Waals surface area (Å²) in [5.41, 5.74) is 1.38. The molecule has 2 saturated heterocycles. The van der Waals surface area contributed by atoms with Gasteiger partial charge in [0.15, 0.2) is 0 Å². The van der Waals surface area contributed by atoms with Gasteiger partial charge in [-0.2, -0.15) is 0 Å². The highest BCUT2D eigenvalue weighted by molar-refractivity contribution is 5.85. The Morgan fingerprint density at radius 1 is 1.23 bits per heavy atom. The molecule has 0 aromatic heterocycles. The minimum absolute atomic E-state index is 0. The van der Waals surface area contributed by atoms with E-state index >= 15 is 0 Å². The number of carbonyl (C=O) groups is 1. The van der Waals surface area contributed by atoms with Crippen molar-refractivity contribution < 1.29 is 4.79 Å². The highest BCUT2D eigenvalue weighted by Crippen LogP contribution is 2.25. The van der Waals surface area contributed by atoms with Crippen LogP contribution in [0.15, 0.2) is 30.3 Å². The van der Waals surface area contributed by atoms with Crippen LogP contribution in [0, 0.1) is 5.92 Å². The van der Waals surface area contributed by atoms with Crippen molar-refractivity contribution in [2.24, 2.45) is 5.92 Å². The number of rotatable bonds is 4. The number of amides is 1. The molecule has 2 aliphatic heterocycles. The first-order valence-electron chi connectivity index (χ1n) is 9.40. The number of likely N-dealkylation sites (tertiary alicyclic amines) is 1. The quantitative estimate of drug-likeness (QED) is 0.839. The number of hydrogen-bond acceptors (Lipinski definition) is 3. The molecule has 0 saturated carbocycles. The lowest BCUT2D eigenvalue weighted by atomic mass is 9.93. The van der Waals surface area contributed by atoms with Crippen molar-refractivity contribution in [1.82, 2.24) is 15.1 Å². The molecule has 1 aromatic rings. The third kappa shape index (κ3) is 5.85. The van der Waals surface area contributed by atoms with Gasteiger partial charge in [-0.15, -0.1) is 24.8 Å². The predicted molar refractivity (Wildman–Crippen MR) is 112 cm³/mol. The average Bonchev–Trinajstić information content (AvgIpc) is 2.64. The van der Waals surface area contributed by atoms with Crippen LogP contribution < -0.4 is 5.32 Å². The van der Waals surface area contributed by atoms with Crippen LogP contribution in [0.1, 0.15) is 38.2 Å². The zero-order valence-corrected chi connectivity index (χ0v) is 17.5. The Balaban J connectivity index is 0.00000169. The standard InChI is InChI=1S/C20H31N3O.2ClH/c1-16-13-19(22(2)20(24)18-9-6-11-21-14-18)10-12-23(16)15-17-7-4-3-5-8-17;;/h3-5,7-8,16,18-19,21H,6,9-15H2,1-2H3;2*1H. The summed E-state index contributed by atoms with van der Waals surface area (Å²) in [6.07, 6.45) is 4.32. The Morgan fingerprint density at radius 2 is 1.96 bits per heavy atom. The normalized spacial score (nSPS) is 26.3. The topological polar surface area (TPSA) is 35.6 Å². The van der Waals surface area contributed by atoms with E-state index in [9.17, 15) is 4.79 Å². The molecule has 3 rings (SSSR count). The number of nitrogens with zero attached hydrogens (tertiary/aromatic N) is 2. The molecule has 2 fully saturated rings. The number of nitrogens with one attached hydrogen (secondary N) is 1. The molecule has 148 valence electrons. The molecule has 1 N–H and O–H groups in total. The van der Waals surface area contributed by atoms with Gasteiger partial charge in [0.2, 0.25) is 5.91 Å². The lowest BCUT2D eigenvalue weighted by Gasteiger charge is -2.42. The number of halogens is 2. The molecule has 4 nitrogen and oxygen atoms in total. The third-order valence-electron chi connectivity index (χ3n) is 5.76. The molecule has 2 aliphatic rings. The van der Waals surface area contributed by atoms with E-state index in [4.69, 9.17) is 0 Å². The second-order valence-corrected chi connectivity index (χ2v) is 7.48. The predicted octanol–water partition coefficient (Wildman–Crippen LogP) is 3.34. The van der Waals surface area contributed by atoms with E-state index in [-0.39, 0.29) is 30.7 Å². The summed E-state index contributed by atoms with van der Waals surface area (Å²) < 4.78 is 0. The zero-order valence-electron chi connectivity index (χ0n) is 15.9. The van der Waals surface area contributed by atoms with Crippen LogP contribution >= 0.6 is 24.8 Å². The Morgan fingerprint density at radius 3 is 2.58 bits per heavy atom. The summed E-state index contributed by atoms with van der Waals surface area (Å²) in [6, 6.07) is 11.6. The molecule has 6 heteroatoms. The molecule has 1 aromatic carbocycles. The highest BCUT2D eigenvalue weighted by Gasteiger charge is 2.32. The minimum Gasteiger partial charge on any atom is -0.342 e. The lowest BCUT2D eigenvalue weighted by Crippen LogP contribution is -2.51. The first-order chi connectivity index (χ1) is 11.6. The van der Waals surface area contributed by atoms with Crippen molar-refractivity contribution in [3.63, 3.8) is 0 Å². The van der Waals surface area contributed by atoms with Gasteiger partial charge in [-0.05, 0) is 44.7 Å². The number of carbonyl (C=O) groups excluding carboxylic acids is 1. The van der Waals surface area contributed by atoms with E-state index in [1.807, 2.05) is 11.9 Å². The van der Waals surface area contributed by atoms with Gasteiger partial charge in [0.25, 0.3) is 0 Å². The maximum atomic E-state index is 12.7. The molecule has 0 radical (unpaired) electrons. The molecule has 3 atom stereocenters. The number of piperidine rings is 2. The fourth-order valence-electron chi connectivity index (χ4n) is 4.13. The molecule has 0 aliphatic carbocycles. The highest BCUT2D eigenvalue weighted by atomic mass is 35.5. The summed E-state index contributed by atoms with van der Waals surface area (Å²) in [5.74, 6) is 0.525. The van der Waals surface area contributed by atoms with Crippen LogP contribution in [0.2, 0.25) is 0 Å². The van der Waals surface area contributed by atoms with Gasteiger partial charge in [-0.1, -0.05) is 30.3 Å². The van der Waals surface area contributed by atoms with Gasteiger partial charge >= 0.3 is 0 Å². The fraction of sp³-hybridized carbons (Fsp3) is 0.650. The van der Waals surface area contributed by atoms with E-state index in [0.717, 1.165) is 51.9 Å². The maximum absolute atomic E-state index is 12.7. The summed E-state index contributed by atoms with van der Waals surface area (Å²) in [7, 11) is 2.02. The van der Waals surface area contributed by atoms with E-state index in [0.29, 0.717) is 18.0 Å². The van der Waals surface area contributed by atoms with Crippen molar-refractivity contribution in [2.75, 3.05) is 26.7 Å². The number of benzene rings is 1. The summed E-state index contributed by atoms with van der Waals surface area (Å²) in [4.78, 5) is 17.3. The van der Waals surface area contributed by atoms with Crippen LogP contribution in [-0.4, -0.2) is 54.5 Å². The molecule has 26 heavy (non-hydrogen) atoms. The Kier molecular flexibility index (Phi) is 9.94. The summed E-state index contributed by atoms with van der Waals surface area (Å²) >= 11 is 0. The van der Waals surface area contributed by atoms with E-state index in [1.165, 1.54) is 5.56 Å². The average molecular weight is 402 g/mol. The van der Waals surface area contributed by atoms with Crippen molar-refractivity contribution >= 4 is 30.7 Å². The van der Waals surface area contributed by atoms with Crippen molar-refractivity contribution in [3.8, 4) is 0 Å². The fourth-order valence-corrected chi connectivity index (χ4v) is 4.13. The zero-order chi connectivity index (χ0) is 16.9. The van der Waals surface area contributed by atoms with E-state index < -0.39 is 0 Å². The van der Waals surface area contributed by atoms with Gasteiger partial charge in [0.05, 0.1) is 5.92 Å². The van der Waals surface area contributed by atoms with E-state index in [1.54, 1.807) is 0 Å². The largest absolute Gasteiger partial charge is 0.342 e. The van der Waals surface area contributed by atoms with Crippen molar-refractivity contribution in [1.29, 1.82) is 0 Å². The molecule has 2 heterocycles. The Hall–Kier alpha value is -0.810. The summed E-state index contributed by atoms with van der Waals surface area (Å²) in [6.45, 7) is 6.30. The lowest BCUT2D eigenvalue weighted by molar-refractivity contribution is -0.138. The SMILES string of the molecule is CC1CC(N(C)C(=O)C2CCCNC2)CCN1Cc1ccccc1.Cl.Cl. The van der Waals surface area contributed by atoms with Gasteiger partial charge in [-0.25, -0.2) is 0 Å². The third-order valence-corrected chi connectivity index (χ3v) is 5.76. The molecule has 3 unspecified atom stereocenters. The molecule has 1 amide bonds. The van der Waals surface area contributed by atoms with Crippen LogP contribution in [-0.2, 0) is 11.3 Å². The Bertz CT molecular complexity index is 537. The van der Waals surface area contributed by atoms with Gasteiger partial charge in [-0.3, -0.25) is 9.69 Å². The second kappa shape index (κ2) is 11.1. The number of hydrogen-bond donors (Lipinski definition) is 1. The van der Waals surface area contributed by atoms with Gasteiger partial charge < -0.3 is 10.2 Å². The second-order valence-electron chi connectivity index (χ2n) is 7.48. The van der Waals surface area contributed by atoms with Crippen LogP contribution in [0.4, 0.5) is 0 Å². The van der Waals surface area contributed by atoms with Crippen molar-refractivity contribution in [2.45, 2.75) is 51.2 Å². The molecular weight excluding hydrogens is 369 g/mol. The van der Waals surface area contributed by atoms with Crippen LogP contribution in [0.25, 0.3) is 0 Å². The first-order valence-corrected chi connectivity index (χ1v) is 9.40. The van der Waals surface area contributed by atoms with Crippen LogP contribution in [0.5, 0.6) is 0 Å². The minimum atomic E-state index is 0. The maximum Gasteiger partial charge on any atom is 0.226 e. The van der Waals surface area contributed by atoms with Crippen LogP contribution in [0.3, 0.4) is 0 Å². The molecular formula is C20H33Cl2N3O. The van der Waals surface area contributed by atoms with E-state index in [2.05, 4.69) is 47.5 Å². The monoisotopic (exact) mass is 401 g/mol. The summed E-state index contributed by atoms with van der Waals surface area (Å²) in [5, 5.41) is 3.36. The van der Waals surface area contributed by atoms with Crippen molar-refractivity contribution in [3.05, 3.63) is 35.9 Å². The Labute approximate surface area is 170 Å². The molecule has 0 spiro atoms.